The number of alkyl carbamates (subject to hydrolysis) is 1. The van der Waals surface area contributed by atoms with E-state index in [2.05, 4.69) is 17.6 Å². The van der Waals surface area contributed by atoms with Crippen molar-refractivity contribution in [3.63, 3.8) is 0 Å². The first-order chi connectivity index (χ1) is 15.4. The average Bonchev–Trinajstić information content (AvgIpc) is 2.72. The second kappa shape index (κ2) is 13.1. The van der Waals surface area contributed by atoms with Crippen molar-refractivity contribution in [1.29, 1.82) is 0 Å². The van der Waals surface area contributed by atoms with Gasteiger partial charge >= 0.3 is 6.09 Å². The number of nitrogens with zero attached hydrogens (tertiary/aromatic N) is 1. The van der Waals surface area contributed by atoms with E-state index in [4.69, 9.17) is 4.74 Å². The summed E-state index contributed by atoms with van der Waals surface area (Å²) in [7, 11) is 0. The minimum atomic E-state index is -1.04. The van der Waals surface area contributed by atoms with E-state index < -0.39 is 29.7 Å². The number of nitrogens with one attached hydrogen (secondary N) is 2. The largest absolute Gasteiger partial charge is 0.508 e. The van der Waals surface area contributed by atoms with Crippen LogP contribution in [0.4, 0.5) is 4.79 Å². The number of phenolic OH excluding ortho intramolecular Hbond substituents is 1. The SMILES string of the molecule is CCCCCNC(=O)C(c1ccccc1O)N(CC)C(=O)C(NC(=O)OC(C)(C)C)C(C)C. The first kappa shape index (κ1) is 28.3. The van der Waals surface area contributed by atoms with E-state index >= 15 is 0 Å². The molecule has 0 heterocycles. The van der Waals surface area contributed by atoms with Gasteiger partial charge in [0.1, 0.15) is 23.4 Å². The van der Waals surface area contributed by atoms with E-state index in [-0.39, 0.29) is 24.1 Å². The second-order valence-electron chi connectivity index (χ2n) is 9.45. The van der Waals surface area contributed by atoms with E-state index in [1.165, 1.54) is 11.0 Å². The van der Waals surface area contributed by atoms with Crippen molar-refractivity contribution in [3.8, 4) is 5.75 Å². The number of rotatable bonds is 11. The Hall–Kier alpha value is -2.77. The Labute approximate surface area is 198 Å². The highest BCUT2D eigenvalue weighted by atomic mass is 16.6. The van der Waals surface area contributed by atoms with Gasteiger partial charge in [-0.1, -0.05) is 51.8 Å². The number of amides is 3. The number of carbonyl (C=O) groups is 3. The molecule has 0 aromatic heterocycles. The molecule has 0 bridgehead atoms. The smallest absolute Gasteiger partial charge is 0.408 e. The van der Waals surface area contributed by atoms with Gasteiger partial charge in [0.25, 0.3) is 0 Å². The third kappa shape index (κ3) is 8.94. The van der Waals surface area contributed by atoms with Gasteiger partial charge < -0.3 is 25.4 Å². The lowest BCUT2D eigenvalue weighted by Crippen LogP contribution is -2.54. The Balaban J connectivity index is 3.26. The topological polar surface area (TPSA) is 108 Å². The van der Waals surface area contributed by atoms with Gasteiger partial charge in [-0.05, 0) is 46.1 Å². The number of hydrogen-bond donors (Lipinski definition) is 3. The first-order valence-electron chi connectivity index (χ1n) is 11.8. The summed E-state index contributed by atoms with van der Waals surface area (Å²) in [5, 5.41) is 16.0. The van der Waals surface area contributed by atoms with Gasteiger partial charge in [0.15, 0.2) is 0 Å². The second-order valence-corrected chi connectivity index (χ2v) is 9.45. The number of para-hydroxylation sites is 1. The van der Waals surface area contributed by atoms with Gasteiger partial charge in [0.05, 0.1) is 0 Å². The Morgan fingerprint density at radius 1 is 1.09 bits per heavy atom. The van der Waals surface area contributed by atoms with E-state index in [1.54, 1.807) is 45.9 Å². The van der Waals surface area contributed by atoms with Gasteiger partial charge in [-0.3, -0.25) is 9.59 Å². The molecule has 0 fully saturated rings. The van der Waals surface area contributed by atoms with Crippen molar-refractivity contribution >= 4 is 17.9 Å². The fourth-order valence-corrected chi connectivity index (χ4v) is 3.45. The molecule has 0 saturated heterocycles. The highest BCUT2D eigenvalue weighted by Crippen LogP contribution is 2.30. The third-order valence-corrected chi connectivity index (χ3v) is 5.10. The van der Waals surface area contributed by atoms with Crippen molar-refractivity contribution in [2.24, 2.45) is 5.92 Å². The van der Waals surface area contributed by atoms with Crippen molar-refractivity contribution in [2.75, 3.05) is 13.1 Å². The van der Waals surface area contributed by atoms with E-state index in [0.29, 0.717) is 12.1 Å². The van der Waals surface area contributed by atoms with Crippen LogP contribution in [0, 0.1) is 5.92 Å². The summed E-state index contributed by atoms with van der Waals surface area (Å²) in [4.78, 5) is 40.6. The standard InChI is InChI=1S/C25H41N3O5/c1-8-10-13-16-26-22(30)21(18-14-11-12-15-19(18)29)28(9-2)23(31)20(17(3)4)27-24(32)33-25(5,6)7/h11-12,14-15,17,20-21,29H,8-10,13,16H2,1-7H3,(H,26,30)(H,27,32). The summed E-state index contributed by atoms with van der Waals surface area (Å²) in [5.41, 5.74) is -0.379. The summed E-state index contributed by atoms with van der Waals surface area (Å²) >= 11 is 0. The van der Waals surface area contributed by atoms with Gasteiger partial charge in [-0.25, -0.2) is 4.79 Å². The summed E-state index contributed by atoms with van der Waals surface area (Å²) in [6.45, 7) is 13.4. The molecular weight excluding hydrogens is 422 g/mol. The number of unbranched alkanes of at least 4 members (excludes halogenated alkanes) is 2. The maximum Gasteiger partial charge on any atom is 0.408 e. The molecule has 0 aliphatic carbocycles. The molecule has 1 rings (SSSR count). The van der Waals surface area contributed by atoms with Crippen molar-refractivity contribution in [2.45, 2.75) is 85.4 Å². The van der Waals surface area contributed by atoms with Crippen LogP contribution in [0.25, 0.3) is 0 Å². The number of likely N-dealkylation sites (N-methyl/N-ethyl adjacent to an activating group) is 1. The van der Waals surface area contributed by atoms with E-state index in [1.807, 2.05) is 13.8 Å². The van der Waals surface area contributed by atoms with Crippen LogP contribution >= 0.6 is 0 Å². The maximum atomic E-state index is 13.6. The number of aromatic hydroxyl groups is 1. The Bertz CT molecular complexity index is 788. The minimum Gasteiger partial charge on any atom is -0.508 e. The zero-order chi connectivity index (χ0) is 25.2. The molecule has 1 aromatic carbocycles. The van der Waals surface area contributed by atoms with Crippen LogP contribution in [0.2, 0.25) is 0 Å². The van der Waals surface area contributed by atoms with Crippen molar-refractivity contribution in [1.82, 2.24) is 15.5 Å². The van der Waals surface area contributed by atoms with Gasteiger partial charge in [-0.2, -0.15) is 0 Å². The fraction of sp³-hybridized carbons (Fsp3) is 0.640. The molecule has 8 nitrogen and oxygen atoms in total. The van der Waals surface area contributed by atoms with Crippen LogP contribution in [0.3, 0.4) is 0 Å². The van der Waals surface area contributed by atoms with Crippen molar-refractivity contribution < 1.29 is 24.2 Å². The Kier molecular flexibility index (Phi) is 11.2. The molecule has 3 N–H and O–H groups in total. The quantitative estimate of drug-likeness (QED) is 0.428. The zero-order valence-corrected chi connectivity index (χ0v) is 21.1. The molecule has 33 heavy (non-hydrogen) atoms. The molecule has 186 valence electrons. The van der Waals surface area contributed by atoms with Gasteiger partial charge in [-0.15, -0.1) is 0 Å². The predicted molar refractivity (Wildman–Crippen MR) is 129 cm³/mol. The third-order valence-electron chi connectivity index (χ3n) is 5.10. The zero-order valence-electron chi connectivity index (χ0n) is 21.1. The lowest BCUT2D eigenvalue weighted by atomic mass is 9.98. The van der Waals surface area contributed by atoms with Crippen LogP contribution < -0.4 is 10.6 Å². The number of benzene rings is 1. The molecule has 2 atom stereocenters. The summed E-state index contributed by atoms with van der Waals surface area (Å²) in [5.74, 6) is -1.12. The maximum absolute atomic E-state index is 13.6. The van der Waals surface area contributed by atoms with Crippen LogP contribution in [0.15, 0.2) is 24.3 Å². The molecular formula is C25H41N3O5. The molecule has 0 spiro atoms. The summed E-state index contributed by atoms with van der Waals surface area (Å²) in [6, 6.07) is 4.56. The molecule has 0 aliphatic rings. The molecule has 0 saturated carbocycles. The number of carbonyl (C=O) groups excluding carboxylic acids is 3. The number of phenols is 1. The summed E-state index contributed by atoms with van der Waals surface area (Å²) in [6.07, 6.45) is 2.12. The van der Waals surface area contributed by atoms with Gasteiger partial charge in [0, 0.05) is 18.7 Å². The molecule has 2 unspecified atom stereocenters. The molecule has 1 aromatic rings. The van der Waals surface area contributed by atoms with Crippen LogP contribution in [0.5, 0.6) is 5.75 Å². The number of hydrogen-bond acceptors (Lipinski definition) is 5. The molecule has 3 amide bonds. The average molecular weight is 464 g/mol. The molecule has 8 heteroatoms. The normalized spacial score (nSPS) is 13.2. The molecule has 0 aliphatic heterocycles. The first-order valence-corrected chi connectivity index (χ1v) is 11.8. The van der Waals surface area contributed by atoms with E-state index in [0.717, 1.165) is 19.3 Å². The highest BCUT2D eigenvalue weighted by molar-refractivity contribution is 5.92. The monoisotopic (exact) mass is 463 g/mol. The van der Waals surface area contributed by atoms with Crippen molar-refractivity contribution in [3.05, 3.63) is 29.8 Å². The van der Waals surface area contributed by atoms with Gasteiger partial charge in [0.2, 0.25) is 11.8 Å². The van der Waals surface area contributed by atoms with Crippen LogP contribution in [-0.2, 0) is 14.3 Å². The lowest BCUT2D eigenvalue weighted by Gasteiger charge is -2.35. The minimum absolute atomic E-state index is 0.0707. The van der Waals surface area contributed by atoms with Crippen LogP contribution in [-0.4, -0.2) is 52.6 Å². The highest BCUT2D eigenvalue weighted by Gasteiger charge is 2.37. The predicted octanol–water partition coefficient (Wildman–Crippen LogP) is 4.14. The Morgan fingerprint density at radius 3 is 2.24 bits per heavy atom. The summed E-state index contributed by atoms with van der Waals surface area (Å²) < 4.78 is 5.33. The van der Waals surface area contributed by atoms with E-state index in [9.17, 15) is 19.5 Å². The van der Waals surface area contributed by atoms with Crippen LogP contribution in [0.1, 0.15) is 79.3 Å². The Morgan fingerprint density at radius 2 is 1.73 bits per heavy atom. The molecule has 0 radical (unpaired) electrons. The fourth-order valence-electron chi connectivity index (χ4n) is 3.45. The lowest BCUT2D eigenvalue weighted by molar-refractivity contribution is -0.143. The number of ether oxygens (including phenoxy) is 1.